The van der Waals surface area contributed by atoms with Gasteiger partial charge in [-0.25, -0.2) is 4.39 Å². The van der Waals surface area contributed by atoms with Crippen molar-refractivity contribution in [1.29, 1.82) is 5.26 Å². The van der Waals surface area contributed by atoms with E-state index in [9.17, 15) is 14.0 Å². The molecule has 0 saturated heterocycles. The molecule has 0 atom stereocenters. The molecule has 21 heavy (non-hydrogen) atoms. The zero-order valence-electron chi connectivity index (χ0n) is 10.8. The predicted octanol–water partition coefficient (Wildman–Crippen LogP) is 1.56. The van der Waals surface area contributed by atoms with E-state index >= 15 is 0 Å². The summed E-state index contributed by atoms with van der Waals surface area (Å²) in [7, 11) is 0. The topological polar surface area (TPSA) is 110 Å². The lowest BCUT2D eigenvalue weighted by Crippen LogP contribution is -2.18. The van der Waals surface area contributed by atoms with Crippen molar-refractivity contribution in [2.24, 2.45) is 11.5 Å². The van der Waals surface area contributed by atoms with Crippen LogP contribution in [0.15, 0.2) is 36.4 Å². The molecule has 0 heterocycles. The standard InChI is InChI=1S/C15H10FN3O2/c16-13-8(7-17)3-1-4-9(13)12-10(14(18)20)5-2-6-11(12)15(19)21/h1-6H,(H2,18,20)(H2,19,21). The molecule has 0 aliphatic carbocycles. The zero-order valence-corrected chi connectivity index (χ0v) is 10.8. The number of carbonyl (C=O) groups excluding carboxylic acids is 2. The molecule has 2 rings (SSSR count). The van der Waals surface area contributed by atoms with Crippen LogP contribution < -0.4 is 11.5 Å². The number of nitriles is 1. The van der Waals surface area contributed by atoms with Crippen molar-refractivity contribution in [1.82, 2.24) is 0 Å². The van der Waals surface area contributed by atoms with Gasteiger partial charge < -0.3 is 11.5 Å². The van der Waals surface area contributed by atoms with Gasteiger partial charge in [-0.05, 0) is 18.2 Å². The minimum absolute atomic E-state index is 0.00731. The van der Waals surface area contributed by atoms with E-state index < -0.39 is 17.6 Å². The van der Waals surface area contributed by atoms with Gasteiger partial charge in [0.15, 0.2) is 0 Å². The van der Waals surface area contributed by atoms with Crippen molar-refractivity contribution in [2.75, 3.05) is 0 Å². The lowest BCUT2D eigenvalue weighted by atomic mass is 9.92. The van der Waals surface area contributed by atoms with Crippen molar-refractivity contribution >= 4 is 11.8 Å². The van der Waals surface area contributed by atoms with Crippen LogP contribution in [0.2, 0.25) is 0 Å². The lowest BCUT2D eigenvalue weighted by molar-refractivity contribution is 0.0999. The first-order chi connectivity index (χ1) is 9.97. The third-order valence-electron chi connectivity index (χ3n) is 2.98. The summed E-state index contributed by atoms with van der Waals surface area (Å²) in [5.74, 6) is -2.49. The number of carbonyl (C=O) groups is 2. The first kappa shape index (κ1) is 14.2. The van der Waals surface area contributed by atoms with Crippen LogP contribution >= 0.6 is 0 Å². The van der Waals surface area contributed by atoms with Crippen LogP contribution in [0.1, 0.15) is 26.3 Å². The van der Waals surface area contributed by atoms with E-state index in [1.807, 2.05) is 0 Å². The van der Waals surface area contributed by atoms with Crippen molar-refractivity contribution in [3.05, 3.63) is 58.9 Å². The van der Waals surface area contributed by atoms with Crippen molar-refractivity contribution in [3.63, 3.8) is 0 Å². The summed E-state index contributed by atoms with van der Waals surface area (Å²) in [6, 6.07) is 9.93. The Morgan fingerprint density at radius 1 is 1.00 bits per heavy atom. The summed E-state index contributed by atoms with van der Waals surface area (Å²) in [6.07, 6.45) is 0. The molecule has 2 amide bonds. The summed E-state index contributed by atoms with van der Waals surface area (Å²) < 4.78 is 14.3. The number of benzene rings is 2. The van der Waals surface area contributed by atoms with Gasteiger partial charge in [0.05, 0.1) is 5.56 Å². The van der Waals surface area contributed by atoms with Crippen LogP contribution in [0, 0.1) is 17.1 Å². The van der Waals surface area contributed by atoms with Gasteiger partial charge in [-0.3, -0.25) is 9.59 Å². The van der Waals surface area contributed by atoms with E-state index in [0.717, 1.165) is 0 Å². The van der Waals surface area contributed by atoms with Gasteiger partial charge in [0.2, 0.25) is 11.8 Å². The molecule has 0 aliphatic heterocycles. The van der Waals surface area contributed by atoms with Crippen LogP contribution in [0.25, 0.3) is 11.1 Å². The molecule has 6 heteroatoms. The highest BCUT2D eigenvalue weighted by Gasteiger charge is 2.21. The second-order valence-corrected chi connectivity index (χ2v) is 4.24. The number of nitrogens with zero attached hydrogens (tertiary/aromatic N) is 1. The Labute approximate surface area is 119 Å². The number of primary amides is 2. The van der Waals surface area contributed by atoms with Gasteiger partial charge in [0.1, 0.15) is 11.9 Å². The maximum absolute atomic E-state index is 14.3. The van der Waals surface area contributed by atoms with E-state index in [0.29, 0.717) is 0 Å². The quantitative estimate of drug-likeness (QED) is 0.891. The van der Waals surface area contributed by atoms with Crippen molar-refractivity contribution in [2.45, 2.75) is 0 Å². The number of amides is 2. The van der Waals surface area contributed by atoms with Crippen LogP contribution in [0.5, 0.6) is 0 Å². The first-order valence-corrected chi connectivity index (χ1v) is 5.89. The van der Waals surface area contributed by atoms with Crippen LogP contribution in [0.3, 0.4) is 0 Å². The van der Waals surface area contributed by atoms with E-state index in [1.165, 1.54) is 36.4 Å². The third-order valence-corrected chi connectivity index (χ3v) is 2.98. The molecule has 0 aliphatic rings. The van der Waals surface area contributed by atoms with Crippen LogP contribution in [-0.2, 0) is 0 Å². The minimum Gasteiger partial charge on any atom is -0.366 e. The van der Waals surface area contributed by atoms with Gasteiger partial charge >= 0.3 is 0 Å². The number of nitrogens with two attached hydrogens (primary N) is 2. The van der Waals surface area contributed by atoms with Gasteiger partial charge in [-0.15, -0.1) is 0 Å². The largest absolute Gasteiger partial charge is 0.366 e. The average molecular weight is 283 g/mol. The summed E-state index contributed by atoms with van der Waals surface area (Å²) >= 11 is 0. The normalized spacial score (nSPS) is 9.90. The molecular formula is C15H10FN3O2. The highest BCUT2D eigenvalue weighted by Crippen LogP contribution is 2.31. The Hall–Kier alpha value is -3.20. The first-order valence-electron chi connectivity index (χ1n) is 5.89. The van der Waals surface area contributed by atoms with Gasteiger partial charge in [0, 0.05) is 22.3 Å². The molecule has 0 radical (unpaired) electrons. The fourth-order valence-corrected chi connectivity index (χ4v) is 2.06. The van der Waals surface area contributed by atoms with E-state index in [-0.39, 0.29) is 27.8 Å². The van der Waals surface area contributed by atoms with Crippen molar-refractivity contribution < 1.29 is 14.0 Å². The third kappa shape index (κ3) is 2.44. The second kappa shape index (κ2) is 5.43. The molecule has 0 spiro atoms. The molecule has 4 N–H and O–H groups in total. The summed E-state index contributed by atoms with van der Waals surface area (Å²) in [4.78, 5) is 23.0. The molecule has 0 saturated carbocycles. The highest BCUT2D eigenvalue weighted by molar-refractivity contribution is 6.08. The molecule has 104 valence electrons. The zero-order chi connectivity index (χ0) is 15.6. The van der Waals surface area contributed by atoms with Crippen LogP contribution in [0.4, 0.5) is 4.39 Å². The number of hydrogen-bond acceptors (Lipinski definition) is 3. The smallest absolute Gasteiger partial charge is 0.249 e. The SMILES string of the molecule is N#Cc1cccc(-c2c(C(N)=O)cccc2C(N)=O)c1F. The monoisotopic (exact) mass is 283 g/mol. The second-order valence-electron chi connectivity index (χ2n) is 4.24. The van der Waals surface area contributed by atoms with Gasteiger partial charge in [0.25, 0.3) is 0 Å². The summed E-state index contributed by atoms with van der Waals surface area (Å²) in [6.45, 7) is 0. The highest BCUT2D eigenvalue weighted by atomic mass is 19.1. The summed E-state index contributed by atoms with van der Waals surface area (Å²) in [5, 5.41) is 8.87. The molecule has 0 bridgehead atoms. The number of rotatable bonds is 3. The lowest BCUT2D eigenvalue weighted by Gasteiger charge is -2.12. The van der Waals surface area contributed by atoms with Crippen LogP contribution in [-0.4, -0.2) is 11.8 Å². The van der Waals surface area contributed by atoms with E-state index in [2.05, 4.69) is 0 Å². The molecular weight excluding hydrogens is 273 g/mol. The Morgan fingerprint density at radius 3 is 2.00 bits per heavy atom. The molecule has 0 aromatic heterocycles. The van der Waals surface area contributed by atoms with E-state index in [4.69, 9.17) is 16.7 Å². The molecule has 2 aromatic rings. The Balaban J connectivity index is 2.89. The Morgan fingerprint density at radius 2 is 1.52 bits per heavy atom. The minimum atomic E-state index is -0.837. The number of hydrogen-bond donors (Lipinski definition) is 2. The van der Waals surface area contributed by atoms with Crippen molar-refractivity contribution in [3.8, 4) is 17.2 Å². The van der Waals surface area contributed by atoms with E-state index in [1.54, 1.807) is 6.07 Å². The van der Waals surface area contributed by atoms with Gasteiger partial charge in [-0.1, -0.05) is 18.2 Å². The Kier molecular flexibility index (Phi) is 3.67. The fourth-order valence-electron chi connectivity index (χ4n) is 2.06. The Bertz CT molecular complexity index is 762. The predicted molar refractivity (Wildman–Crippen MR) is 73.6 cm³/mol. The molecule has 0 fully saturated rings. The molecule has 2 aromatic carbocycles. The average Bonchev–Trinajstić information content (AvgIpc) is 2.46. The summed E-state index contributed by atoms with van der Waals surface area (Å²) in [5.41, 5.74) is 10.2. The van der Waals surface area contributed by atoms with Gasteiger partial charge in [-0.2, -0.15) is 5.26 Å². The fraction of sp³-hybridized carbons (Fsp3) is 0. The maximum Gasteiger partial charge on any atom is 0.249 e. The molecule has 0 unspecified atom stereocenters. The molecule has 5 nitrogen and oxygen atoms in total. The maximum atomic E-state index is 14.3. The number of halogens is 1.